The lowest BCUT2D eigenvalue weighted by Gasteiger charge is -2.24. The molecule has 2 aromatic rings. The molecule has 2 N–H and O–H groups in total. The molecule has 122 valence electrons. The highest BCUT2D eigenvalue weighted by molar-refractivity contribution is 7.15. The van der Waals surface area contributed by atoms with Crippen molar-refractivity contribution in [2.45, 2.75) is 25.8 Å². The maximum absolute atomic E-state index is 12.0. The summed E-state index contributed by atoms with van der Waals surface area (Å²) in [6.07, 6.45) is 3.79. The second kappa shape index (κ2) is 7.72. The SMILES string of the molecule is O=C(Nc1cccc(Cl)c1)Nc1nnc(CN2CCCCC2)s1. The smallest absolute Gasteiger partial charge is 0.308 e. The summed E-state index contributed by atoms with van der Waals surface area (Å²) >= 11 is 7.29. The van der Waals surface area contributed by atoms with Crippen LogP contribution in [0, 0.1) is 0 Å². The van der Waals surface area contributed by atoms with Gasteiger partial charge in [-0.1, -0.05) is 35.4 Å². The highest BCUT2D eigenvalue weighted by Gasteiger charge is 2.14. The average molecular weight is 352 g/mol. The molecule has 2 amide bonds. The van der Waals surface area contributed by atoms with Crippen molar-refractivity contribution in [3.05, 3.63) is 34.3 Å². The van der Waals surface area contributed by atoms with Crippen LogP contribution in [-0.2, 0) is 6.54 Å². The van der Waals surface area contributed by atoms with Crippen molar-refractivity contribution < 1.29 is 4.79 Å². The van der Waals surface area contributed by atoms with Gasteiger partial charge in [0.2, 0.25) is 5.13 Å². The van der Waals surface area contributed by atoms with Crippen LogP contribution in [0.3, 0.4) is 0 Å². The number of nitrogens with zero attached hydrogens (tertiary/aromatic N) is 3. The number of amides is 2. The molecule has 3 rings (SSSR count). The van der Waals surface area contributed by atoms with Gasteiger partial charge in [-0.2, -0.15) is 0 Å². The van der Waals surface area contributed by atoms with Gasteiger partial charge in [0.25, 0.3) is 0 Å². The Balaban J connectivity index is 1.52. The Hall–Kier alpha value is -1.70. The van der Waals surface area contributed by atoms with Crippen LogP contribution in [0.15, 0.2) is 24.3 Å². The standard InChI is InChI=1S/C15H18ClN5OS/c16-11-5-4-6-12(9-11)17-14(22)18-15-20-19-13(23-15)10-21-7-2-1-3-8-21/h4-6,9H,1-3,7-8,10H2,(H2,17,18,20,22). The molecule has 1 aliphatic rings. The fourth-order valence-corrected chi connectivity index (χ4v) is 3.47. The summed E-state index contributed by atoms with van der Waals surface area (Å²) in [5, 5.41) is 15.6. The zero-order chi connectivity index (χ0) is 16.1. The predicted molar refractivity (Wildman–Crippen MR) is 93.1 cm³/mol. The fourth-order valence-electron chi connectivity index (χ4n) is 2.50. The Morgan fingerprint density at radius 3 is 2.83 bits per heavy atom. The number of aromatic nitrogens is 2. The van der Waals surface area contributed by atoms with E-state index in [1.807, 2.05) is 0 Å². The van der Waals surface area contributed by atoms with Crippen LogP contribution in [-0.4, -0.2) is 34.2 Å². The largest absolute Gasteiger partial charge is 0.325 e. The topological polar surface area (TPSA) is 70.1 Å². The third-order valence-electron chi connectivity index (χ3n) is 3.58. The molecule has 0 spiro atoms. The van der Waals surface area contributed by atoms with Gasteiger partial charge in [-0.3, -0.25) is 10.2 Å². The maximum Gasteiger partial charge on any atom is 0.325 e. The summed E-state index contributed by atoms with van der Waals surface area (Å²) in [6, 6.07) is 6.63. The van der Waals surface area contributed by atoms with E-state index >= 15 is 0 Å². The lowest BCUT2D eigenvalue weighted by molar-refractivity contribution is 0.220. The van der Waals surface area contributed by atoms with Gasteiger partial charge in [0.1, 0.15) is 5.01 Å². The zero-order valence-corrected chi connectivity index (χ0v) is 14.2. The van der Waals surface area contributed by atoms with Crippen molar-refractivity contribution >= 4 is 39.8 Å². The summed E-state index contributed by atoms with van der Waals surface area (Å²) in [4.78, 5) is 14.3. The molecule has 1 aliphatic heterocycles. The van der Waals surface area contributed by atoms with E-state index in [2.05, 4.69) is 25.7 Å². The number of urea groups is 1. The number of likely N-dealkylation sites (tertiary alicyclic amines) is 1. The third-order valence-corrected chi connectivity index (χ3v) is 4.64. The summed E-state index contributed by atoms with van der Waals surface area (Å²) < 4.78 is 0. The van der Waals surface area contributed by atoms with Crippen LogP contribution in [0.1, 0.15) is 24.3 Å². The van der Waals surface area contributed by atoms with E-state index < -0.39 is 0 Å². The number of hydrogen-bond donors (Lipinski definition) is 2. The number of benzene rings is 1. The first kappa shape index (κ1) is 16.2. The Labute approximate surface area is 143 Å². The van der Waals surface area contributed by atoms with E-state index in [9.17, 15) is 4.79 Å². The third kappa shape index (κ3) is 4.89. The number of hydrogen-bond acceptors (Lipinski definition) is 5. The van der Waals surface area contributed by atoms with Crippen molar-refractivity contribution in [2.24, 2.45) is 0 Å². The van der Waals surface area contributed by atoms with E-state index in [1.165, 1.54) is 30.6 Å². The fraction of sp³-hybridized carbons (Fsp3) is 0.400. The first-order chi connectivity index (χ1) is 11.2. The molecule has 1 aromatic carbocycles. The highest BCUT2D eigenvalue weighted by Crippen LogP contribution is 2.20. The van der Waals surface area contributed by atoms with Crippen molar-refractivity contribution in [1.29, 1.82) is 0 Å². The number of carbonyl (C=O) groups excluding carboxylic acids is 1. The Morgan fingerprint density at radius 1 is 1.22 bits per heavy atom. The van der Waals surface area contributed by atoms with Gasteiger partial charge < -0.3 is 5.32 Å². The summed E-state index contributed by atoms with van der Waals surface area (Å²) in [5.41, 5.74) is 0.632. The molecule has 0 bridgehead atoms. The van der Waals surface area contributed by atoms with E-state index in [0.717, 1.165) is 24.6 Å². The lowest BCUT2D eigenvalue weighted by atomic mass is 10.1. The van der Waals surface area contributed by atoms with Crippen molar-refractivity contribution in [3.63, 3.8) is 0 Å². The van der Waals surface area contributed by atoms with E-state index in [1.54, 1.807) is 24.3 Å². The minimum atomic E-state index is -0.354. The molecule has 1 saturated heterocycles. The minimum Gasteiger partial charge on any atom is -0.308 e. The van der Waals surface area contributed by atoms with Crippen molar-refractivity contribution in [3.8, 4) is 0 Å². The Morgan fingerprint density at radius 2 is 2.04 bits per heavy atom. The molecule has 0 saturated carbocycles. The summed E-state index contributed by atoms with van der Waals surface area (Å²) in [7, 11) is 0. The molecular weight excluding hydrogens is 334 g/mol. The minimum absolute atomic E-state index is 0.354. The molecule has 0 radical (unpaired) electrons. The highest BCUT2D eigenvalue weighted by atomic mass is 35.5. The van der Waals surface area contributed by atoms with E-state index in [4.69, 9.17) is 11.6 Å². The van der Waals surface area contributed by atoms with Gasteiger partial charge in [-0.25, -0.2) is 4.79 Å². The first-order valence-electron chi connectivity index (χ1n) is 7.57. The van der Waals surface area contributed by atoms with Crippen LogP contribution in [0.2, 0.25) is 5.02 Å². The Bertz CT molecular complexity index is 671. The molecule has 0 aliphatic carbocycles. The van der Waals surface area contributed by atoms with Gasteiger partial charge in [0.15, 0.2) is 0 Å². The number of rotatable bonds is 4. The number of halogens is 1. The maximum atomic E-state index is 12.0. The quantitative estimate of drug-likeness (QED) is 0.878. The van der Waals surface area contributed by atoms with Gasteiger partial charge in [0, 0.05) is 10.7 Å². The molecule has 0 unspecified atom stereocenters. The molecule has 1 aromatic heterocycles. The first-order valence-corrected chi connectivity index (χ1v) is 8.77. The molecule has 0 atom stereocenters. The van der Waals surface area contributed by atoms with Gasteiger partial charge in [-0.05, 0) is 44.1 Å². The number of anilines is 2. The number of carbonyl (C=O) groups is 1. The van der Waals surface area contributed by atoms with Gasteiger partial charge in [-0.15, -0.1) is 10.2 Å². The van der Waals surface area contributed by atoms with Gasteiger partial charge in [0.05, 0.1) is 6.54 Å². The Kier molecular flexibility index (Phi) is 5.43. The number of piperidine rings is 1. The van der Waals surface area contributed by atoms with Crippen LogP contribution in [0.4, 0.5) is 15.6 Å². The van der Waals surface area contributed by atoms with Gasteiger partial charge >= 0.3 is 6.03 Å². The van der Waals surface area contributed by atoms with Crippen LogP contribution < -0.4 is 10.6 Å². The average Bonchev–Trinajstić information content (AvgIpc) is 2.95. The molecule has 6 nitrogen and oxygen atoms in total. The summed E-state index contributed by atoms with van der Waals surface area (Å²) in [6.45, 7) is 3.02. The monoisotopic (exact) mass is 351 g/mol. The normalized spacial score (nSPS) is 15.3. The van der Waals surface area contributed by atoms with E-state index in [0.29, 0.717) is 15.8 Å². The van der Waals surface area contributed by atoms with E-state index in [-0.39, 0.29) is 6.03 Å². The molecule has 1 fully saturated rings. The molecule has 23 heavy (non-hydrogen) atoms. The molecule has 8 heteroatoms. The predicted octanol–water partition coefficient (Wildman–Crippen LogP) is 3.82. The second-order valence-corrected chi connectivity index (χ2v) is 6.93. The second-order valence-electron chi connectivity index (χ2n) is 5.43. The molecular formula is C15H18ClN5OS. The zero-order valence-electron chi connectivity index (χ0n) is 12.6. The summed E-state index contributed by atoms with van der Waals surface area (Å²) in [5.74, 6) is 0. The van der Waals surface area contributed by atoms with Crippen LogP contribution >= 0.6 is 22.9 Å². The van der Waals surface area contributed by atoms with Crippen LogP contribution in [0.25, 0.3) is 0 Å². The van der Waals surface area contributed by atoms with Crippen molar-refractivity contribution in [2.75, 3.05) is 23.7 Å². The molecule has 2 heterocycles. The lowest BCUT2D eigenvalue weighted by Crippen LogP contribution is -2.28. The van der Waals surface area contributed by atoms with Crippen molar-refractivity contribution in [1.82, 2.24) is 15.1 Å². The van der Waals surface area contributed by atoms with Crippen LogP contribution in [0.5, 0.6) is 0 Å². The number of nitrogens with one attached hydrogen (secondary N) is 2.